The molecule has 1 atom stereocenters. The zero-order valence-corrected chi connectivity index (χ0v) is 13.3. The molecule has 0 saturated heterocycles. The van der Waals surface area contributed by atoms with Crippen LogP contribution in [-0.4, -0.2) is 35.5 Å². The average molecular weight is 316 g/mol. The lowest BCUT2D eigenvalue weighted by molar-refractivity contribution is 0.174. The summed E-state index contributed by atoms with van der Waals surface area (Å²) in [6.07, 6.45) is 0.210. The Morgan fingerprint density at radius 3 is 2.48 bits per heavy atom. The molecule has 2 rings (SSSR count). The maximum Gasteiger partial charge on any atom is 0.121 e. The Hall–Kier alpha value is -2.08. The number of nitrogens with one attached hydrogen (secondary N) is 2. The van der Waals surface area contributed by atoms with Gasteiger partial charge >= 0.3 is 0 Å². The van der Waals surface area contributed by atoms with Gasteiger partial charge in [0.2, 0.25) is 0 Å². The number of aromatic hydroxyl groups is 1. The SMILES string of the molecule is CNc1ccc(CCNCC(O)c2ccc(O)c(CO)c2)cc1. The molecule has 0 aliphatic rings. The van der Waals surface area contributed by atoms with Gasteiger partial charge in [0, 0.05) is 24.8 Å². The van der Waals surface area contributed by atoms with Gasteiger partial charge in [-0.15, -0.1) is 0 Å². The Bertz CT molecular complexity index is 614. The van der Waals surface area contributed by atoms with Crippen molar-refractivity contribution in [2.75, 3.05) is 25.5 Å². The van der Waals surface area contributed by atoms with Gasteiger partial charge in [0.25, 0.3) is 0 Å². The molecule has 0 fully saturated rings. The molecule has 0 heterocycles. The highest BCUT2D eigenvalue weighted by Crippen LogP contribution is 2.22. The average Bonchev–Trinajstić information content (AvgIpc) is 2.59. The van der Waals surface area contributed by atoms with Gasteiger partial charge in [-0.3, -0.25) is 0 Å². The highest BCUT2D eigenvalue weighted by molar-refractivity contribution is 5.43. The van der Waals surface area contributed by atoms with Crippen molar-refractivity contribution < 1.29 is 15.3 Å². The van der Waals surface area contributed by atoms with E-state index in [9.17, 15) is 10.2 Å². The number of aliphatic hydroxyl groups excluding tert-OH is 2. The molecule has 5 heteroatoms. The van der Waals surface area contributed by atoms with Gasteiger partial charge in [-0.25, -0.2) is 0 Å². The molecule has 0 spiro atoms. The van der Waals surface area contributed by atoms with Gasteiger partial charge in [-0.2, -0.15) is 0 Å². The van der Waals surface area contributed by atoms with Gasteiger partial charge in [0.1, 0.15) is 5.75 Å². The molecule has 23 heavy (non-hydrogen) atoms. The maximum atomic E-state index is 10.2. The lowest BCUT2D eigenvalue weighted by Crippen LogP contribution is -2.23. The minimum absolute atomic E-state index is 0.0430. The van der Waals surface area contributed by atoms with E-state index >= 15 is 0 Å². The van der Waals surface area contributed by atoms with E-state index in [2.05, 4.69) is 22.8 Å². The normalized spacial score (nSPS) is 12.1. The van der Waals surface area contributed by atoms with E-state index in [1.165, 1.54) is 11.6 Å². The van der Waals surface area contributed by atoms with Gasteiger partial charge in [0.15, 0.2) is 0 Å². The van der Waals surface area contributed by atoms with Crippen LogP contribution in [0.15, 0.2) is 42.5 Å². The molecule has 124 valence electrons. The summed E-state index contributed by atoms with van der Waals surface area (Å²) in [4.78, 5) is 0. The first-order valence-electron chi connectivity index (χ1n) is 7.72. The van der Waals surface area contributed by atoms with Crippen molar-refractivity contribution in [1.29, 1.82) is 0 Å². The van der Waals surface area contributed by atoms with Crippen LogP contribution in [-0.2, 0) is 13.0 Å². The van der Waals surface area contributed by atoms with Crippen LogP contribution in [0.2, 0.25) is 0 Å². The summed E-state index contributed by atoms with van der Waals surface area (Å²) in [7, 11) is 1.89. The summed E-state index contributed by atoms with van der Waals surface area (Å²) in [5, 5.41) is 35.1. The number of rotatable bonds is 8. The largest absolute Gasteiger partial charge is 0.508 e. The Labute approximate surface area is 136 Å². The second-order valence-corrected chi connectivity index (χ2v) is 5.46. The summed E-state index contributed by atoms with van der Waals surface area (Å²) in [5.41, 5.74) is 3.42. The highest BCUT2D eigenvalue weighted by atomic mass is 16.3. The van der Waals surface area contributed by atoms with Crippen LogP contribution in [0, 0.1) is 0 Å². The van der Waals surface area contributed by atoms with Crippen LogP contribution < -0.4 is 10.6 Å². The third-order valence-electron chi connectivity index (χ3n) is 3.83. The van der Waals surface area contributed by atoms with Crippen LogP contribution in [0.25, 0.3) is 0 Å². The quantitative estimate of drug-likeness (QED) is 0.480. The van der Waals surface area contributed by atoms with E-state index in [1.807, 2.05) is 19.2 Å². The second-order valence-electron chi connectivity index (χ2n) is 5.46. The van der Waals surface area contributed by atoms with Gasteiger partial charge in [0.05, 0.1) is 12.7 Å². The topological polar surface area (TPSA) is 84.8 Å². The molecule has 0 radical (unpaired) electrons. The molecule has 0 aromatic heterocycles. The standard InChI is InChI=1S/C18H24N2O3/c1-19-16-5-2-13(3-6-16)8-9-20-11-18(23)14-4-7-17(22)15(10-14)12-21/h2-7,10,18-23H,8-9,11-12H2,1H3. The minimum Gasteiger partial charge on any atom is -0.508 e. The van der Waals surface area contributed by atoms with Gasteiger partial charge in [-0.1, -0.05) is 18.2 Å². The fourth-order valence-corrected chi connectivity index (χ4v) is 2.37. The molecule has 0 aliphatic carbocycles. The third kappa shape index (κ3) is 4.96. The Morgan fingerprint density at radius 2 is 1.83 bits per heavy atom. The van der Waals surface area contributed by atoms with Crippen LogP contribution in [0.4, 0.5) is 5.69 Å². The number of aliphatic hydroxyl groups is 2. The number of hydrogen-bond donors (Lipinski definition) is 5. The van der Waals surface area contributed by atoms with Gasteiger partial charge < -0.3 is 26.0 Å². The summed E-state index contributed by atoms with van der Waals surface area (Å²) >= 11 is 0. The van der Waals surface area contributed by atoms with Crippen molar-refractivity contribution in [3.8, 4) is 5.75 Å². The van der Waals surface area contributed by atoms with E-state index < -0.39 is 6.10 Å². The van der Waals surface area contributed by atoms with Crippen molar-refractivity contribution in [2.45, 2.75) is 19.1 Å². The van der Waals surface area contributed by atoms with Gasteiger partial charge in [-0.05, 0) is 48.4 Å². The zero-order valence-electron chi connectivity index (χ0n) is 13.3. The van der Waals surface area contributed by atoms with Crippen molar-refractivity contribution >= 4 is 5.69 Å². The van der Waals surface area contributed by atoms with Crippen LogP contribution in [0.5, 0.6) is 5.75 Å². The summed E-state index contributed by atoms with van der Waals surface area (Å²) in [5.74, 6) is 0.0430. The van der Waals surface area contributed by atoms with Crippen LogP contribution in [0.1, 0.15) is 22.8 Å². The molecule has 2 aromatic carbocycles. The highest BCUT2D eigenvalue weighted by Gasteiger charge is 2.09. The lowest BCUT2D eigenvalue weighted by Gasteiger charge is -2.14. The van der Waals surface area contributed by atoms with Crippen LogP contribution in [0.3, 0.4) is 0 Å². The van der Waals surface area contributed by atoms with Crippen molar-refractivity contribution in [3.05, 3.63) is 59.2 Å². The number of hydrogen-bond acceptors (Lipinski definition) is 5. The minimum atomic E-state index is -0.674. The molecular formula is C18H24N2O3. The summed E-state index contributed by atoms with van der Waals surface area (Å²) < 4.78 is 0. The smallest absolute Gasteiger partial charge is 0.121 e. The number of phenols is 1. The first-order valence-corrected chi connectivity index (χ1v) is 7.72. The zero-order chi connectivity index (χ0) is 16.7. The summed E-state index contributed by atoms with van der Waals surface area (Å²) in [6.45, 7) is 0.938. The fraction of sp³-hybridized carbons (Fsp3) is 0.333. The van der Waals surface area contributed by atoms with E-state index in [0.717, 1.165) is 18.7 Å². The molecule has 2 aromatic rings. The molecule has 5 N–H and O–H groups in total. The summed E-state index contributed by atoms with van der Waals surface area (Å²) in [6, 6.07) is 13.0. The lowest BCUT2D eigenvalue weighted by atomic mass is 10.1. The molecule has 0 bridgehead atoms. The van der Waals surface area contributed by atoms with Crippen molar-refractivity contribution in [3.63, 3.8) is 0 Å². The Morgan fingerprint density at radius 1 is 1.09 bits per heavy atom. The van der Waals surface area contributed by atoms with Crippen molar-refractivity contribution in [1.82, 2.24) is 5.32 Å². The first kappa shape index (κ1) is 17.3. The van der Waals surface area contributed by atoms with E-state index in [1.54, 1.807) is 12.1 Å². The van der Waals surface area contributed by atoms with E-state index in [0.29, 0.717) is 17.7 Å². The molecule has 1 unspecified atom stereocenters. The Balaban J connectivity index is 1.79. The Kier molecular flexibility index (Phi) is 6.40. The molecular weight excluding hydrogens is 292 g/mol. The fourth-order valence-electron chi connectivity index (χ4n) is 2.37. The van der Waals surface area contributed by atoms with E-state index in [-0.39, 0.29) is 12.4 Å². The molecule has 0 amide bonds. The van der Waals surface area contributed by atoms with E-state index in [4.69, 9.17) is 5.11 Å². The first-order chi connectivity index (χ1) is 11.1. The monoisotopic (exact) mass is 316 g/mol. The number of anilines is 1. The maximum absolute atomic E-state index is 10.2. The van der Waals surface area contributed by atoms with Crippen LogP contribution >= 0.6 is 0 Å². The molecule has 0 aliphatic heterocycles. The molecule has 0 saturated carbocycles. The predicted molar refractivity (Wildman–Crippen MR) is 91.6 cm³/mol. The molecule has 5 nitrogen and oxygen atoms in total. The third-order valence-corrected chi connectivity index (χ3v) is 3.83. The number of benzene rings is 2. The van der Waals surface area contributed by atoms with Crippen molar-refractivity contribution in [2.24, 2.45) is 0 Å². The second kappa shape index (κ2) is 8.53. The predicted octanol–water partition coefficient (Wildman–Crippen LogP) is 1.79.